The summed E-state index contributed by atoms with van der Waals surface area (Å²) in [7, 11) is -3.13. The van der Waals surface area contributed by atoms with Crippen LogP contribution in [-0.4, -0.2) is 24.1 Å². The highest BCUT2D eigenvalue weighted by molar-refractivity contribution is 7.89. The van der Waals surface area contributed by atoms with Crippen LogP contribution in [0.3, 0.4) is 0 Å². The summed E-state index contributed by atoms with van der Waals surface area (Å²) in [5.74, 6) is 1.32. The van der Waals surface area contributed by atoms with Gasteiger partial charge in [0.1, 0.15) is 17.6 Å². The molecule has 4 rings (SSSR count). The molecule has 0 N–H and O–H groups in total. The number of nitrogens with zero attached hydrogens (tertiary/aromatic N) is 3. The number of imidazole rings is 1. The van der Waals surface area contributed by atoms with Crippen LogP contribution in [0.2, 0.25) is 0 Å². The van der Waals surface area contributed by atoms with Crippen molar-refractivity contribution in [3.05, 3.63) is 83.7 Å². The third kappa shape index (κ3) is 4.51. The van der Waals surface area contributed by atoms with Gasteiger partial charge >= 0.3 is 0 Å². The Balaban J connectivity index is 1.75. The molecule has 4 aromatic rings. The highest BCUT2D eigenvalue weighted by atomic mass is 32.2. The Hall–Kier alpha value is -3.63. The molecule has 0 spiro atoms. The summed E-state index contributed by atoms with van der Waals surface area (Å²) in [6.07, 6.45) is 3.12. The van der Waals surface area contributed by atoms with Crippen molar-refractivity contribution in [1.29, 1.82) is 5.26 Å². The van der Waals surface area contributed by atoms with Gasteiger partial charge < -0.3 is 4.74 Å². The second-order valence-electron chi connectivity index (χ2n) is 8.08. The lowest BCUT2D eigenvalue weighted by atomic mass is 10.0. The van der Waals surface area contributed by atoms with Gasteiger partial charge in [-0.25, -0.2) is 13.4 Å². The van der Waals surface area contributed by atoms with Crippen LogP contribution in [0.4, 0.5) is 0 Å². The van der Waals surface area contributed by atoms with Crippen LogP contribution in [0.25, 0.3) is 16.9 Å². The molecule has 0 amide bonds. The van der Waals surface area contributed by atoms with Gasteiger partial charge in [-0.15, -0.1) is 0 Å². The zero-order valence-corrected chi connectivity index (χ0v) is 18.9. The minimum Gasteiger partial charge on any atom is -0.457 e. The van der Waals surface area contributed by atoms with Crippen molar-refractivity contribution in [2.45, 2.75) is 25.5 Å². The van der Waals surface area contributed by atoms with E-state index in [1.165, 1.54) is 6.26 Å². The average Bonchev–Trinajstić information content (AvgIpc) is 3.13. The van der Waals surface area contributed by atoms with Crippen LogP contribution >= 0.6 is 0 Å². The Morgan fingerprint density at radius 2 is 1.78 bits per heavy atom. The van der Waals surface area contributed by atoms with E-state index in [0.29, 0.717) is 28.3 Å². The first kappa shape index (κ1) is 21.6. The number of ether oxygens (including phenoxy) is 1. The molecule has 0 saturated heterocycles. The van der Waals surface area contributed by atoms with Gasteiger partial charge in [-0.3, -0.25) is 4.40 Å². The summed E-state index contributed by atoms with van der Waals surface area (Å²) < 4.78 is 31.2. The third-order valence-electron chi connectivity index (χ3n) is 5.01. The molecule has 0 aliphatic carbocycles. The summed E-state index contributed by atoms with van der Waals surface area (Å²) in [5, 5.41) is 9.49. The van der Waals surface area contributed by atoms with Crippen molar-refractivity contribution in [3.63, 3.8) is 0 Å². The summed E-state index contributed by atoms with van der Waals surface area (Å²) in [4.78, 5) is 4.76. The summed E-state index contributed by atoms with van der Waals surface area (Å²) >= 11 is 0. The van der Waals surface area contributed by atoms with Crippen molar-refractivity contribution < 1.29 is 13.2 Å². The van der Waals surface area contributed by atoms with Gasteiger partial charge in [0.05, 0.1) is 22.7 Å². The van der Waals surface area contributed by atoms with Crippen molar-refractivity contribution >= 4 is 15.5 Å². The molecule has 0 atom stereocenters. The zero-order chi connectivity index (χ0) is 22.9. The molecule has 2 heterocycles. The maximum atomic E-state index is 11.6. The summed E-state index contributed by atoms with van der Waals surface area (Å²) in [6.45, 7) is 4.15. The number of hydrogen-bond acceptors (Lipinski definition) is 5. The monoisotopic (exact) mass is 445 g/mol. The van der Waals surface area contributed by atoms with Crippen LogP contribution in [0.1, 0.15) is 36.6 Å². The maximum absolute atomic E-state index is 11.6. The largest absolute Gasteiger partial charge is 0.457 e. The lowest BCUT2D eigenvalue weighted by Crippen LogP contribution is -2.00. The van der Waals surface area contributed by atoms with E-state index in [4.69, 9.17) is 9.72 Å². The minimum atomic E-state index is -3.13. The topological polar surface area (TPSA) is 84.5 Å². The van der Waals surface area contributed by atoms with Gasteiger partial charge in [-0.05, 0) is 47.9 Å². The standard InChI is InChI=1S/C25H23N3O3S/c1-17(2)23-24(28-12-6-9-20(15-26)25(28)27-23)19-8-5-11-22(14-19)31-21-10-4-7-18(13-21)16-32(3,29)30/h4-14,17H,16H2,1-3H3. The molecular weight excluding hydrogens is 422 g/mol. The van der Waals surface area contributed by atoms with Gasteiger partial charge in [0, 0.05) is 18.0 Å². The van der Waals surface area contributed by atoms with E-state index in [2.05, 4.69) is 19.9 Å². The molecule has 2 aromatic carbocycles. The molecule has 0 radical (unpaired) electrons. The molecule has 0 unspecified atom stereocenters. The van der Waals surface area contributed by atoms with E-state index in [1.807, 2.05) is 40.9 Å². The molecule has 7 heteroatoms. The number of aromatic nitrogens is 2. The van der Waals surface area contributed by atoms with E-state index < -0.39 is 9.84 Å². The Morgan fingerprint density at radius 1 is 1.06 bits per heavy atom. The molecule has 32 heavy (non-hydrogen) atoms. The number of rotatable bonds is 6. The fraction of sp³-hybridized carbons (Fsp3) is 0.200. The molecule has 2 aromatic heterocycles. The van der Waals surface area contributed by atoms with Crippen molar-refractivity contribution in [1.82, 2.24) is 9.38 Å². The van der Waals surface area contributed by atoms with E-state index in [1.54, 1.807) is 30.3 Å². The molecule has 162 valence electrons. The lowest BCUT2D eigenvalue weighted by Gasteiger charge is -2.11. The fourth-order valence-electron chi connectivity index (χ4n) is 3.71. The highest BCUT2D eigenvalue weighted by Crippen LogP contribution is 2.34. The van der Waals surface area contributed by atoms with Gasteiger partial charge in [-0.2, -0.15) is 5.26 Å². The molecule has 0 aliphatic heterocycles. The highest BCUT2D eigenvalue weighted by Gasteiger charge is 2.19. The normalized spacial score (nSPS) is 11.6. The number of hydrogen-bond donors (Lipinski definition) is 0. The Bertz CT molecular complexity index is 1450. The third-order valence-corrected chi connectivity index (χ3v) is 5.87. The number of sulfone groups is 1. The zero-order valence-electron chi connectivity index (χ0n) is 18.1. The minimum absolute atomic E-state index is 0.0367. The Labute approximate surface area is 187 Å². The van der Waals surface area contributed by atoms with E-state index in [0.717, 1.165) is 17.0 Å². The first-order valence-corrected chi connectivity index (χ1v) is 12.3. The van der Waals surface area contributed by atoms with Crippen LogP contribution < -0.4 is 4.74 Å². The van der Waals surface area contributed by atoms with E-state index >= 15 is 0 Å². The van der Waals surface area contributed by atoms with Crippen molar-refractivity contribution in [2.75, 3.05) is 6.26 Å². The van der Waals surface area contributed by atoms with Gasteiger partial charge in [0.2, 0.25) is 0 Å². The summed E-state index contributed by atoms with van der Waals surface area (Å²) in [6, 6.07) is 20.6. The second kappa shape index (κ2) is 8.48. The molecule has 6 nitrogen and oxygen atoms in total. The Morgan fingerprint density at radius 3 is 2.47 bits per heavy atom. The van der Waals surface area contributed by atoms with Crippen LogP contribution in [-0.2, 0) is 15.6 Å². The van der Waals surface area contributed by atoms with E-state index in [-0.39, 0.29) is 11.7 Å². The SMILES string of the molecule is CC(C)c1nc2c(C#N)cccn2c1-c1cccc(Oc2cccc(CS(C)(=O)=O)c2)c1. The van der Waals surface area contributed by atoms with Crippen LogP contribution in [0.5, 0.6) is 11.5 Å². The summed E-state index contributed by atoms with van der Waals surface area (Å²) in [5.41, 5.74) is 4.57. The first-order chi connectivity index (χ1) is 15.2. The average molecular weight is 446 g/mol. The van der Waals surface area contributed by atoms with Crippen molar-refractivity contribution in [3.8, 4) is 28.8 Å². The smallest absolute Gasteiger partial charge is 0.155 e. The molecule has 0 aliphatic rings. The molecule has 0 bridgehead atoms. The van der Waals surface area contributed by atoms with Gasteiger partial charge in [0.15, 0.2) is 15.5 Å². The maximum Gasteiger partial charge on any atom is 0.155 e. The van der Waals surface area contributed by atoms with Crippen LogP contribution in [0.15, 0.2) is 66.9 Å². The van der Waals surface area contributed by atoms with E-state index in [9.17, 15) is 13.7 Å². The number of fused-ring (bicyclic) bond motifs is 1. The molecular formula is C25H23N3O3S. The molecule has 0 saturated carbocycles. The molecule has 0 fully saturated rings. The predicted molar refractivity (Wildman–Crippen MR) is 124 cm³/mol. The van der Waals surface area contributed by atoms with Crippen molar-refractivity contribution in [2.24, 2.45) is 0 Å². The Kier molecular flexibility index (Phi) is 5.72. The second-order valence-corrected chi connectivity index (χ2v) is 10.2. The quantitative estimate of drug-likeness (QED) is 0.400. The lowest BCUT2D eigenvalue weighted by molar-refractivity contribution is 0.482. The number of nitriles is 1. The predicted octanol–water partition coefficient (Wildman–Crippen LogP) is 5.33. The first-order valence-electron chi connectivity index (χ1n) is 10.2. The number of pyridine rings is 1. The van der Waals surface area contributed by atoms with Crippen LogP contribution in [0, 0.1) is 11.3 Å². The van der Waals surface area contributed by atoms with Gasteiger partial charge in [0.25, 0.3) is 0 Å². The van der Waals surface area contributed by atoms with Gasteiger partial charge in [-0.1, -0.05) is 38.1 Å². The number of benzene rings is 2. The fourth-order valence-corrected chi connectivity index (χ4v) is 4.49.